The van der Waals surface area contributed by atoms with Crippen LogP contribution in [0.1, 0.15) is 18.9 Å². The van der Waals surface area contributed by atoms with Gasteiger partial charge in [0.2, 0.25) is 0 Å². The Balaban J connectivity index is 2.77. The predicted octanol–water partition coefficient (Wildman–Crippen LogP) is 1.82. The summed E-state index contributed by atoms with van der Waals surface area (Å²) < 4.78 is 22.3. The second kappa shape index (κ2) is 7.13. The normalized spacial score (nSPS) is 13.6. The first-order chi connectivity index (χ1) is 8.97. The Bertz CT molecular complexity index is 472. The highest BCUT2D eigenvalue weighted by Gasteiger charge is 2.16. The molecule has 0 heterocycles. The van der Waals surface area contributed by atoms with Crippen molar-refractivity contribution < 1.29 is 23.6 Å². The number of carboxylic acid groups (broad SMARTS) is 1. The summed E-state index contributed by atoms with van der Waals surface area (Å²) in [6, 6.07) is 5.30. The van der Waals surface area contributed by atoms with Crippen LogP contribution in [-0.4, -0.2) is 34.8 Å². The third-order valence-electron chi connectivity index (χ3n) is 2.67. The molecule has 6 heteroatoms. The van der Waals surface area contributed by atoms with Crippen molar-refractivity contribution in [3.63, 3.8) is 0 Å². The van der Waals surface area contributed by atoms with E-state index in [4.69, 9.17) is 14.6 Å². The van der Waals surface area contributed by atoms with E-state index >= 15 is 0 Å². The topological polar surface area (TPSA) is 72.8 Å². The fourth-order valence-corrected chi connectivity index (χ4v) is 2.74. The van der Waals surface area contributed by atoms with Crippen molar-refractivity contribution in [1.82, 2.24) is 0 Å². The van der Waals surface area contributed by atoms with Crippen LogP contribution in [0.3, 0.4) is 0 Å². The zero-order valence-corrected chi connectivity index (χ0v) is 12.0. The molecule has 0 fully saturated rings. The van der Waals surface area contributed by atoms with Crippen LogP contribution in [0.15, 0.2) is 18.2 Å². The molecule has 0 saturated heterocycles. The lowest BCUT2D eigenvalue weighted by atomic mass is 10.2. The quantitative estimate of drug-likeness (QED) is 0.827. The number of methoxy groups -OCH3 is 2. The molecule has 19 heavy (non-hydrogen) atoms. The molecule has 0 radical (unpaired) electrons. The highest BCUT2D eigenvalue weighted by molar-refractivity contribution is 7.84. The van der Waals surface area contributed by atoms with E-state index in [-0.39, 0.29) is 11.7 Å². The van der Waals surface area contributed by atoms with E-state index in [1.54, 1.807) is 32.2 Å². The van der Waals surface area contributed by atoms with Gasteiger partial charge in [0, 0.05) is 21.8 Å². The summed E-state index contributed by atoms with van der Waals surface area (Å²) in [5.41, 5.74) is 0.827. The largest absolute Gasteiger partial charge is 0.493 e. The molecule has 1 aromatic rings. The summed E-state index contributed by atoms with van der Waals surface area (Å²) in [5.74, 6) is 0.543. The van der Waals surface area contributed by atoms with Crippen LogP contribution < -0.4 is 9.47 Å². The van der Waals surface area contributed by atoms with Crippen molar-refractivity contribution in [3.05, 3.63) is 23.8 Å². The summed E-state index contributed by atoms with van der Waals surface area (Å²) in [6.45, 7) is 1.67. The van der Waals surface area contributed by atoms with Gasteiger partial charge in [-0.2, -0.15) is 0 Å². The highest BCUT2D eigenvalue weighted by atomic mass is 32.2. The SMILES string of the molecule is COc1ccc(CS(=O)C(C)CC(=O)O)cc1OC. The van der Waals surface area contributed by atoms with Crippen molar-refractivity contribution in [3.8, 4) is 11.5 Å². The predicted molar refractivity (Wildman–Crippen MR) is 73.1 cm³/mol. The molecule has 106 valence electrons. The molecule has 0 amide bonds. The number of aliphatic carboxylic acids is 1. The van der Waals surface area contributed by atoms with Gasteiger partial charge in [-0.1, -0.05) is 13.0 Å². The molecule has 1 aromatic carbocycles. The Labute approximate surface area is 115 Å². The molecule has 2 atom stereocenters. The van der Waals surface area contributed by atoms with Gasteiger partial charge in [0.05, 0.1) is 20.6 Å². The van der Waals surface area contributed by atoms with E-state index in [1.807, 2.05) is 0 Å². The lowest BCUT2D eigenvalue weighted by Crippen LogP contribution is -2.17. The molecular formula is C13H18O5S. The number of benzene rings is 1. The van der Waals surface area contributed by atoms with Crippen LogP contribution in [-0.2, 0) is 21.3 Å². The zero-order chi connectivity index (χ0) is 14.4. The Morgan fingerprint density at radius 1 is 1.32 bits per heavy atom. The van der Waals surface area contributed by atoms with Crippen LogP contribution in [0.5, 0.6) is 11.5 Å². The van der Waals surface area contributed by atoms with Gasteiger partial charge >= 0.3 is 5.97 Å². The lowest BCUT2D eigenvalue weighted by Gasteiger charge is -2.11. The second-order valence-corrected chi connectivity index (χ2v) is 5.98. The molecule has 0 aliphatic carbocycles. The molecule has 1 rings (SSSR count). The molecule has 1 N–H and O–H groups in total. The van der Waals surface area contributed by atoms with E-state index < -0.39 is 16.8 Å². The fraction of sp³-hybridized carbons (Fsp3) is 0.462. The highest BCUT2D eigenvalue weighted by Crippen LogP contribution is 2.28. The summed E-state index contributed by atoms with van der Waals surface area (Å²) in [7, 11) is 1.85. The molecule has 5 nitrogen and oxygen atoms in total. The van der Waals surface area contributed by atoms with Gasteiger partial charge in [0.15, 0.2) is 11.5 Å². The Morgan fingerprint density at radius 3 is 2.47 bits per heavy atom. The summed E-state index contributed by atoms with van der Waals surface area (Å²) in [4.78, 5) is 10.6. The molecule has 0 spiro atoms. The van der Waals surface area contributed by atoms with E-state index in [9.17, 15) is 9.00 Å². The number of rotatable bonds is 7. The molecule has 0 aromatic heterocycles. The number of hydrogen-bond donors (Lipinski definition) is 1. The lowest BCUT2D eigenvalue weighted by molar-refractivity contribution is -0.136. The molecule has 0 aliphatic rings. The smallest absolute Gasteiger partial charge is 0.304 e. The maximum Gasteiger partial charge on any atom is 0.304 e. The maximum absolute atomic E-state index is 12.0. The monoisotopic (exact) mass is 286 g/mol. The van der Waals surface area contributed by atoms with Gasteiger partial charge in [0.25, 0.3) is 0 Å². The van der Waals surface area contributed by atoms with Crippen molar-refractivity contribution >= 4 is 16.8 Å². The van der Waals surface area contributed by atoms with E-state index in [0.717, 1.165) is 5.56 Å². The Kier molecular flexibility index (Phi) is 5.82. The molecule has 0 bridgehead atoms. The molecule has 0 aliphatic heterocycles. The first kappa shape index (κ1) is 15.5. The van der Waals surface area contributed by atoms with Gasteiger partial charge < -0.3 is 14.6 Å². The number of ether oxygens (including phenoxy) is 2. The fourth-order valence-electron chi connectivity index (χ4n) is 1.62. The Morgan fingerprint density at radius 2 is 1.95 bits per heavy atom. The number of carboxylic acids is 1. The van der Waals surface area contributed by atoms with Crippen LogP contribution in [0.4, 0.5) is 0 Å². The standard InChI is InChI=1S/C13H18O5S/c1-9(6-13(14)15)19(16)8-10-4-5-11(17-2)12(7-10)18-3/h4-5,7,9H,6,8H2,1-3H3,(H,14,15). The van der Waals surface area contributed by atoms with E-state index in [2.05, 4.69) is 0 Å². The number of hydrogen-bond acceptors (Lipinski definition) is 4. The van der Waals surface area contributed by atoms with Crippen LogP contribution in [0.2, 0.25) is 0 Å². The molecule has 2 unspecified atom stereocenters. The third kappa shape index (κ3) is 4.55. The summed E-state index contributed by atoms with van der Waals surface area (Å²) in [5, 5.41) is 8.29. The van der Waals surface area contributed by atoms with Crippen LogP contribution >= 0.6 is 0 Å². The molecule has 0 saturated carbocycles. The minimum atomic E-state index is -1.23. The van der Waals surface area contributed by atoms with Gasteiger partial charge in [-0.05, 0) is 17.7 Å². The average Bonchev–Trinajstić information content (AvgIpc) is 2.37. The van der Waals surface area contributed by atoms with Crippen LogP contribution in [0.25, 0.3) is 0 Å². The van der Waals surface area contributed by atoms with E-state index in [0.29, 0.717) is 17.3 Å². The van der Waals surface area contributed by atoms with Gasteiger partial charge in [0.1, 0.15) is 0 Å². The number of carbonyl (C=O) groups is 1. The summed E-state index contributed by atoms with van der Waals surface area (Å²) >= 11 is 0. The van der Waals surface area contributed by atoms with Gasteiger partial charge in [-0.3, -0.25) is 9.00 Å². The van der Waals surface area contributed by atoms with Crippen molar-refractivity contribution in [1.29, 1.82) is 0 Å². The minimum Gasteiger partial charge on any atom is -0.493 e. The first-order valence-electron chi connectivity index (χ1n) is 5.77. The van der Waals surface area contributed by atoms with Crippen LogP contribution in [0, 0.1) is 0 Å². The third-order valence-corrected chi connectivity index (χ3v) is 4.35. The average molecular weight is 286 g/mol. The Hall–Kier alpha value is -1.56. The first-order valence-corrected chi connectivity index (χ1v) is 7.16. The van der Waals surface area contributed by atoms with Crippen molar-refractivity contribution in [2.75, 3.05) is 14.2 Å². The van der Waals surface area contributed by atoms with Crippen molar-refractivity contribution in [2.45, 2.75) is 24.3 Å². The van der Waals surface area contributed by atoms with E-state index in [1.165, 1.54) is 7.11 Å². The second-order valence-electron chi connectivity index (χ2n) is 4.12. The summed E-state index contributed by atoms with van der Waals surface area (Å²) in [6.07, 6.45) is -0.0973. The van der Waals surface area contributed by atoms with Gasteiger partial charge in [-0.15, -0.1) is 0 Å². The maximum atomic E-state index is 12.0. The van der Waals surface area contributed by atoms with Crippen molar-refractivity contribution in [2.24, 2.45) is 0 Å². The zero-order valence-electron chi connectivity index (χ0n) is 11.2. The molecular weight excluding hydrogens is 268 g/mol. The van der Waals surface area contributed by atoms with Gasteiger partial charge in [-0.25, -0.2) is 0 Å². The minimum absolute atomic E-state index is 0.0973.